The van der Waals surface area contributed by atoms with Crippen LogP contribution in [0.15, 0.2) is 30.6 Å². The summed E-state index contributed by atoms with van der Waals surface area (Å²) in [4.78, 5) is 23.4. The monoisotopic (exact) mass is 301 g/mol. The number of hydrogen-bond acceptors (Lipinski definition) is 3. The second-order valence-electron chi connectivity index (χ2n) is 5.87. The van der Waals surface area contributed by atoms with Gasteiger partial charge in [0.15, 0.2) is 5.54 Å². The molecular formula is C16H19N3O3. The van der Waals surface area contributed by atoms with Crippen LogP contribution >= 0.6 is 0 Å². The first kappa shape index (κ1) is 15.8. The van der Waals surface area contributed by atoms with Crippen LogP contribution in [0.3, 0.4) is 0 Å². The number of carboxylic acids is 1. The Bertz CT molecular complexity index is 712. The Morgan fingerprint density at radius 3 is 2.32 bits per heavy atom. The van der Waals surface area contributed by atoms with E-state index in [0.717, 1.165) is 11.1 Å². The smallest absolute Gasteiger partial charge is 0.331 e. The van der Waals surface area contributed by atoms with Gasteiger partial charge in [-0.25, -0.2) is 4.79 Å². The zero-order valence-corrected chi connectivity index (χ0v) is 13.0. The number of hydrogen-bond donors (Lipinski definition) is 2. The van der Waals surface area contributed by atoms with Gasteiger partial charge in [-0.1, -0.05) is 17.2 Å². The van der Waals surface area contributed by atoms with Gasteiger partial charge in [-0.05, 0) is 39.8 Å². The molecule has 0 aliphatic carbocycles. The second-order valence-corrected chi connectivity index (χ2v) is 5.87. The molecule has 0 unspecified atom stereocenters. The zero-order valence-electron chi connectivity index (χ0n) is 13.0. The summed E-state index contributed by atoms with van der Waals surface area (Å²) in [5.74, 6) is -1.25. The van der Waals surface area contributed by atoms with Crippen molar-refractivity contribution in [3.05, 3.63) is 47.3 Å². The van der Waals surface area contributed by atoms with Crippen LogP contribution < -0.4 is 5.32 Å². The molecule has 116 valence electrons. The number of aromatic nitrogens is 2. The Kier molecular flexibility index (Phi) is 4.03. The van der Waals surface area contributed by atoms with Crippen LogP contribution in [0.25, 0.3) is 0 Å². The Labute approximate surface area is 128 Å². The topological polar surface area (TPSA) is 84.2 Å². The summed E-state index contributed by atoms with van der Waals surface area (Å²) in [6.45, 7) is 6.93. The average molecular weight is 301 g/mol. The zero-order chi connectivity index (χ0) is 16.5. The first-order chi connectivity index (χ1) is 10.2. The van der Waals surface area contributed by atoms with Crippen molar-refractivity contribution in [2.24, 2.45) is 0 Å². The van der Waals surface area contributed by atoms with E-state index in [9.17, 15) is 14.7 Å². The van der Waals surface area contributed by atoms with Crippen molar-refractivity contribution in [2.45, 2.75) is 33.2 Å². The Morgan fingerprint density at radius 2 is 1.77 bits per heavy atom. The second kappa shape index (κ2) is 5.63. The Hall–Kier alpha value is -2.63. The molecule has 1 amide bonds. The number of benzene rings is 1. The van der Waals surface area contributed by atoms with Crippen LogP contribution in [0.5, 0.6) is 0 Å². The summed E-state index contributed by atoms with van der Waals surface area (Å²) < 4.78 is 1.31. The predicted octanol–water partition coefficient (Wildman–Crippen LogP) is 2.57. The lowest BCUT2D eigenvalue weighted by Gasteiger charge is -2.19. The molecule has 22 heavy (non-hydrogen) atoms. The van der Waals surface area contributed by atoms with E-state index in [-0.39, 0.29) is 5.91 Å². The fourth-order valence-corrected chi connectivity index (χ4v) is 2.10. The summed E-state index contributed by atoms with van der Waals surface area (Å²) in [6, 6.07) is 5.59. The number of aryl methyl sites for hydroxylation is 2. The molecule has 0 aliphatic rings. The minimum atomic E-state index is -1.18. The summed E-state index contributed by atoms with van der Waals surface area (Å²) in [6.07, 6.45) is 2.94. The molecule has 0 spiro atoms. The van der Waals surface area contributed by atoms with Crippen molar-refractivity contribution in [2.75, 3.05) is 5.32 Å². The molecule has 0 bridgehead atoms. The molecule has 2 N–H and O–H groups in total. The van der Waals surface area contributed by atoms with Crippen molar-refractivity contribution in [3.8, 4) is 0 Å². The molecule has 1 heterocycles. The molecule has 0 saturated heterocycles. The number of carboxylic acid groups (broad SMARTS) is 1. The van der Waals surface area contributed by atoms with Gasteiger partial charge in [-0.2, -0.15) is 5.10 Å². The van der Waals surface area contributed by atoms with E-state index >= 15 is 0 Å². The minimum absolute atomic E-state index is 0.250. The van der Waals surface area contributed by atoms with Crippen molar-refractivity contribution in [1.29, 1.82) is 0 Å². The van der Waals surface area contributed by atoms with E-state index in [0.29, 0.717) is 11.3 Å². The molecule has 1 aromatic carbocycles. The van der Waals surface area contributed by atoms with Gasteiger partial charge >= 0.3 is 5.97 Å². The van der Waals surface area contributed by atoms with Crippen molar-refractivity contribution < 1.29 is 14.7 Å². The van der Waals surface area contributed by atoms with Gasteiger partial charge in [0, 0.05) is 11.8 Å². The summed E-state index contributed by atoms with van der Waals surface area (Å²) in [5.41, 5.74) is 1.85. The normalized spacial score (nSPS) is 11.3. The van der Waals surface area contributed by atoms with Crippen LogP contribution in [0.2, 0.25) is 0 Å². The highest BCUT2D eigenvalue weighted by atomic mass is 16.4. The summed E-state index contributed by atoms with van der Waals surface area (Å²) in [7, 11) is 0. The third kappa shape index (κ3) is 3.16. The summed E-state index contributed by atoms with van der Waals surface area (Å²) in [5, 5.41) is 15.9. The molecule has 0 saturated carbocycles. The molecule has 0 aliphatic heterocycles. The number of carbonyl (C=O) groups excluding carboxylic acids is 1. The first-order valence-corrected chi connectivity index (χ1v) is 6.88. The van der Waals surface area contributed by atoms with Gasteiger partial charge in [0.1, 0.15) is 0 Å². The minimum Gasteiger partial charge on any atom is -0.479 e. The predicted molar refractivity (Wildman–Crippen MR) is 83.1 cm³/mol. The van der Waals surface area contributed by atoms with Gasteiger partial charge in [0.2, 0.25) is 0 Å². The highest BCUT2D eigenvalue weighted by Crippen LogP contribution is 2.18. The first-order valence-electron chi connectivity index (χ1n) is 6.88. The number of rotatable bonds is 4. The molecule has 0 atom stereocenters. The molecule has 6 heteroatoms. The third-order valence-corrected chi connectivity index (χ3v) is 3.42. The maximum Gasteiger partial charge on any atom is 0.331 e. The van der Waals surface area contributed by atoms with Gasteiger partial charge < -0.3 is 10.4 Å². The van der Waals surface area contributed by atoms with Crippen LogP contribution in [-0.4, -0.2) is 26.8 Å². The molecule has 2 rings (SSSR count). The van der Waals surface area contributed by atoms with E-state index in [2.05, 4.69) is 10.4 Å². The highest BCUT2D eigenvalue weighted by Gasteiger charge is 2.30. The van der Waals surface area contributed by atoms with E-state index < -0.39 is 11.5 Å². The molecule has 6 nitrogen and oxygen atoms in total. The van der Waals surface area contributed by atoms with Crippen LogP contribution in [0, 0.1) is 13.8 Å². The number of nitrogens with one attached hydrogen (secondary N) is 1. The molecule has 1 aromatic heterocycles. The van der Waals surface area contributed by atoms with E-state index in [1.54, 1.807) is 12.1 Å². The van der Waals surface area contributed by atoms with Crippen LogP contribution in [0.1, 0.15) is 35.3 Å². The van der Waals surface area contributed by atoms with E-state index in [1.165, 1.54) is 30.9 Å². The molecule has 0 fully saturated rings. The SMILES string of the molecule is Cc1cc(C)cc(C(=O)Nc2cnn(C(C)(C)C(=O)O)c2)c1. The number of anilines is 1. The fourth-order valence-electron chi connectivity index (χ4n) is 2.10. The van der Waals surface area contributed by atoms with Gasteiger partial charge in [-0.3, -0.25) is 9.48 Å². The van der Waals surface area contributed by atoms with Gasteiger partial charge in [-0.15, -0.1) is 0 Å². The third-order valence-electron chi connectivity index (χ3n) is 3.42. The summed E-state index contributed by atoms with van der Waals surface area (Å²) >= 11 is 0. The molecular weight excluding hydrogens is 282 g/mol. The van der Waals surface area contributed by atoms with E-state index in [4.69, 9.17) is 0 Å². The lowest BCUT2D eigenvalue weighted by Crippen LogP contribution is -2.35. The number of carbonyl (C=O) groups is 2. The van der Waals surface area contributed by atoms with Crippen molar-refractivity contribution in [3.63, 3.8) is 0 Å². The quantitative estimate of drug-likeness (QED) is 0.909. The lowest BCUT2D eigenvalue weighted by molar-refractivity contribution is -0.146. The lowest BCUT2D eigenvalue weighted by atomic mass is 10.1. The van der Waals surface area contributed by atoms with Gasteiger partial charge in [0.05, 0.1) is 11.9 Å². The van der Waals surface area contributed by atoms with Crippen molar-refractivity contribution >= 4 is 17.6 Å². The number of amides is 1. The molecule has 2 aromatic rings. The van der Waals surface area contributed by atoms with Crippen molar-refractivity contribution in [1.82, 2.24) is 9.78 Å². The van der Waals surface area contributed by atoms with Gasteiger partial charge in [0.25, 0.3) is 5.91 Å². The van der Waals surface area contributed by atoms with E-state index in [1.807, 2.05) is 19.9 Å². The Morgan fingerprint density at radius 1 is 1.18 bits per heavy atom. The number of aliphatic carboxylic acids is 1. The Balaban J connectivity index is 2.20. The fraction of sp³-hybridized carbons (Fsp3) is 0.312. The maximum absolute atomic E-state index is 12.2. The standard InChI is InChI=1S/C16H19N3O3/c1-10-5-11(2)7-12(6-10)14(20)18-13-8-17-19(9-13)16(3,4)15(21)22/h5-9H,1-4H3,(H,18,20)(H,21,22). The highest BCUT2D eigenvalue weighted by molar-refractivity contribution is 6.04. The molecule has 0 radical (unpaired) electrons. The number of nitrogens with zero attached hydrogens (tertiary/aromatic N) is 2. The largest absolute Gasteiger partial charge is 0.479 e. The average Bonchev–Trinajstić information content (AvgIpc) is 2.86. The maximum atomic E-state index is 12.2. The van der Waals surface area contributed by atoms with Crippen LogP contribution in [-0.2, 0) is 10.3 Å². The van der Waals surface area contributed by atoms with Crippen LogP contribution in [0.4, 0.5) is 5.69 Å².